The average molecular weight is 748 g/mol. The predicted octanol–water partition coefficient (Wildman–Crippen LogP) is 7.03. The van der Waals surface area contributed by atoms with Gasteiger partial charge in [0.2, 0.25) is 17.6 Å². The third-order valence-corrected chi connectivity index (χ3v) is 11.7. The number of rotatable bonds is 8. The van der Waals surface area contributed by atoms with Crippen molar-refractivity contribution in [2.75, 3.05) is 24.5 Å². The van der Waals surface area contributed by atoms with Crippen LogP contribution in [0.2, 0.25) is 5.02 Å². The number of methoxy groups -OCH3 is 2. The lowest BCUT2D eigenvalue weighted by Crippen LogP contribution is -2.53. The molecular weight excluding hydrogens is 713 g/mol. The first kappa shape index (κ1) is 35.1. The third-order valence-electron chi connectivity index (χ3n) is 11.5. The van der Waals surface area contributed by atoms with Gasteiger partial charge in [-0.25, -0.2) is 4.39 Å². The van der Waals surface area contributed by atoms with Crippen molar-refractivity contribution in [3.8, 4) is 17.2 Å². The minimum absolute atomic E-state index is 0.0624. The molecule has 0 bridgehead atoms. The summed E-state index contributed by atoms with van der Waals surface area (Å²) in [5, 5.41) is 12.4. The third kappa shape index (κ3) is 5.13. The van der Waals surface area contributed by atoms with Crippen molar-refractivity contribution in [1.82, 2.24) is 5.01 Å². The lowest BCUT2D eigenvalue weighted by molar-refractivity contribution is -0.138. The number of carbonyl (C=O) groups excluding carboxylic acids is 4. The number of fused-ring (bicyclic) bond motifs is 4. The summed E-state index contributed by atoms with van der Waals surface area (Å²) in [6.45, 7) is 3.79. The molecule has 4 aromatic rings. The number of halogens is 2. The summed E-state index contributed by atoms with van der Waals surface area (Å²) in [7, 11) is 2.78. The number of phenolic OH excluding ortho intramolecular Hbond substituents is 1. The largest absolute Gasteiger partial charge is 0.502 e. The van der Waals surface area contributed by atoms with Crippen LogP contribution in [-0.4, -0.2) is 48.0 Å². The summed E-state index contributed by atoms with van der Waals surface area (Å²) in [6.07, 6.45) is 3.88. The number of nitrogens with zero attached hydrogens (tertiary/aromatic N) is 2. The zero-order chi connectivity index (χ0) is 38.1. The van der Waals surface area contributed by atoms with Crippen molar-refractivity contribution in [3.05, 3.63) is 131 Å². The van der Waals surface area contributed by atoms with Crippen molar-refractivity contribution in [3.63, 3.8) is 0 Å². The van der Waals surface area contributed by atoms with E-state index in [2.05, 4.69) is 12.0 Å². The number of ether oxygens (including phenoxy) is 2. The van der Waals surface area contributed by atoms with Crippen LogP contribution in [0.3, 0.4) is 0 Å². The van der Waals surface area contributed by atoms with Crippen LogP contribution in [0.15, 0.2) is 103 Å². The Morgan fingerprint density at radius 3 is 2.15 bits per heavy atom. The van der Waals surface area contributed by atoms with E-state index in [1.165, 1.54) is 43.4 Å². The number of benzene rings is 4. The topological polar surface area (TPSA) is 125 Å². The van der Waals surface area contributed by atoms with Gasteiger partial charge in [-0.1, -0.05) is 60.2 Å². The molecule has 0 aromatic heterocycles. The second-order valence-electron chi connectivity index (χ2n) is 14.0. The molecule has 4 amide bonds. The fourth-order valence-electron chi connectivity index (χ4n) is 9.12. The molecule has 2 aliphatic heterocycles. The lowest BCUT2D eigenvalue weighted by atomic mass is 9.49. The van der Waals surface area contributed by atoms with Crippen LogP contribution in [0.1, 0.15) is 35.4 Å². The van der Waals surface area contributed by atoms with Gasteiger partial charge in [0.05, 0.1) is 48.8 Å². The van der Waals surface area contributed by atoms with Crippen LogP contribution in [0.4, 0.5) is 15.8 Å². The molecular formula is C42H35ClFN3O7. The van der Waals surface area contributed by atoms with E-state index in [4.69, 9.17) is 21.1 Å². The number of phenols is 1. The standard InChI is InChI=1S/C42H35ClFN3O7/c1-4-22-5-15-28(16-6-22)46-38(49)30-18-17-29-31(35(30)40(46)51)21-32-39(50)47(45-27-13-11-26(44)12-14-27)41(52)42(32,24-7-9-25(43)10-8-24)36(29)23-19-33(53-2)37(48)34(20-23)54-3/h4-17,19-20,30-32,35-36,45,48H,1,18,21H2,2-3H3/t30-,31+,32-,35-,36-,42+/m0/s1. The van der Waals surface area contributed by atoms with Crippen molar-refractivity contribution < 1.29 is 38.1 Å². The SMILES string of the molecule is C=Cc1ccc(N2C(=O)[C@H]3[C@H](CC=C4[C@H]3C[C@H]3C(=O)N(Nc5ccc(F)cc5)C(=O)[C@@]3(c3ccc(Cl)cc3)[C@H]4c3cc(OC)c(O)c(OC)c3)C2=O)cc1. The molecule has 2 N–H and O–H groups in total. The Bertz CT molecular complexity index is 2230. The number of hydrazine groups is 1. The highest BCUT2D eigenvalue weighted by Crippen LogP contribution is 2.65. The zero-order valence-electron chi connectivity index (χ0n) is 29.3. The van der Waals surface area contributed by atoms with Crippen LogP contribution in [0.5, 0.6) is 17.2 Å². The first-order chi connectivity index (χ1) is 26.0. The molecule has 6 atom stereocenters. The Kier molecular flexibility index (Phi) is 8.56. The van der Waals surface area contributed by atoms with E-state index in [9.17, 15) is 23.9 Å². The molecule has 0 radical (unpaired) electrons. The van der Waals surface area contributed by atoms with Crippen molar-refractivity contribution in [1.29, 1.82) is 0 Å². The molecule has 0 unspecified atom stereocenters. The van der Waals surface area contributed by atoms with Gasteiger partial charge in [-0.15, -0.1) is 0 Å². The number of amides is 4. The van der Waals surface area contributed by atoms with E-state index in [1.54, 1.807) is 66.7 Å². The van der Waals surface area contributed by atoms with Gasteiger partial charge in [-0.2, -0.15) is 5.01 Å². The Morgan fingerprint density at radius 1 is 0.889 bits per heavy atom. The number of allylic oxidation sites excluding steroid dienone is 2. The Balaban J connectivity index is 1.34. The predicted molar refractivity (Wildman–Crippen MR) is 199 cm³/mol. The Morgan fingerprint density at radius 2 is 1.54 bits per heavy atom. The zero-order valence-corrected chi connectivity index (χ0v) is 30.0. The molecule has 2 aliphatic carbocycles. The molecule has 4 aromatic carbocycles. The summed E-state index contributed by atoms with van der Waals surface area (Å²) < 4.78 is 25.1. The molecule has 54 heavy (non-hydrogen) atoms. The first-order valence-corrected chi connectivity index (χ1v) is 17.8. The normalized spacial score (nSPS) is 25.9. The fraction of sp³-hybridized carbons (Fsp3) is 0.238. The van der Waals surface area contributed by atoms with Crippen molar-refractivity contribution in [2.24, 2.45) is 23.7 Å². The van der Waals surface area contributed by atoms with E-state index < -0.39 is 52.6 Å². The second-order valence-corrected chi connectivity index (χ2v) is 14.4. The molecule has 1 saturated carbocycles. The molecule has 2 saturated heterocycles. The molecule has 12 heteroatoms. The highest BCUT2D eigenvalue weighted by atomic mass is 35.5. The van der Waals surface area contributed by atoms with Crippen LogP contribution in [0, 0.1) is 29.5 Å². The first-order valence-electron chi connectivity index (χ1n) is 17.4. The number of carbonyl (C=O) groups is 4. The van der Waals surface area contributed by atoms with E-state index in [0.29, 0.717) is 33.1 Å². The van der Waals surface area contributed by atoms with E-state index >= 15 is 4.79 Å². The van der Waals surface area contributed by atoms with Crippen LogP contribution in [-0.2, 0) is 24.6 Å². The van der Waals surface area contributed by atoms with Gasteiger partial charge in [0.15, 0.2) is 11.5 Å². The van der Waals surface area contributed by atoms with Crippen molar-refractivity contribution >= 4 is 52.7 Å². The van der Waals surface area contributed by atoms with E-state index in [0.717, 1.165) is 10.6 Å². The maximum atomic E-state index is 15.4. The summed E-state index contributed by atoms with van der Waals surface area (Å²) >= 11 is 6.38. The lowest BCUT2D eigenvalue weighted by Gasteiger charge is -2.50. The van der Waals surface area contributed by atoms with Gasteiger partial charge in [0.25, 0.3) is 11.8 Å². The van der Waals surface area contributed by atoms with Gasteiger partial charge in [0.1, 0.15) is 5.82 Å². The van der Waals surface area contributed by atoms with Crippen molar-refractivity contribution in [2.45, 2.75) is 24.2 Å². The van der Waals surface area contributed by atoms with E-state index in [1.807, 2.05) is 6.08 Å². The van der Waals surface area contributed by atoms with Crippen LogP contribution >= 0.6 is 11.6 Å². The van der Waals surface area contributed by atoms with Gasteiger partial charge in [0, 0.05) is 10.9 Å². The Hall–Kier alpha value is -5.94. The number of hydrogen-bond donors (Lipinski definition) is 2. The van der Waals surface area contributed by atoms with Crippen LogP contribution < -0.4 is 19.8 Å². The monoisotopic (exact) mass is 747 g/mol. The van der Waals surface area contributed by atoms with Gasteiger partial charge in [-0.05, 0) is 96.1 Å². The molecule has 8 rings (SSSR count). The fourth-order valence-corrected chi connectivity index (χ4v) is 9.25. The maximum Gasteiger partial charge on any atom is 0.260 e. The smallest absolute Gasteiger partial charge is 0.260 e. The quantitative estimate of drug-likeness (QED) is 0.145. The minimum atomic E-state index is -1.62. The molecule has 274 valence electrons. The number of imide groups is 2. The van der Waals surface area contributed by atoms with Gasteiger partial charge >= 0.3 is 0 Å². The summed E-state index contributed by atoms with van der Waals surface area (Å²) in [6, 6.07) is 22.2. The summed E-state index contributed by atoms with van der Waals surface area (Å²) in [4.78, 5) is 60.1. The van der Waals surface area contributed by atoms with Gasteiger partial charge in [-0.3, -0.25) is 29.5 Å². The average Bonchev–Trinajstić information content (AvgIpc) is 3.56. The molecule has 4 aliphatic rings. The summed E-state index contributed by atoms with van der Waals surface area (Å²) in [5.74, 6) is -6.61. The molecule has 0 spiro atoms. The molecule has 10 nitrogen and oxygen atoms in total. The highest BCUT2D eigenvalue weighted by molar-refractivity contribution is 6.30. The second kappa shape index (κ2) is 13.2. The molecule has 3 fully saturated rings. The molecule has 2 heterocycles. The Labute approximate surface area is 315 Å². The number of anilines is 2. The van der Waals surface area contributed by atoms with E-state index in [-0.39, 0.29) is 41.9 Å². The number of hydrogen-bond acceptors (Lipinski definition) is 8. The van der Waals surface area contributed by atoms with Gasteiger partial charge < -0.3 is 14.6 Å². The van der Waals surface area contributed by atoms with Crippen LogP contribution in [0.25, 0.3) is 6.08 Å². The number of aromatic hydroxyl groups is 1. The summed E-state index contributed by atoms with van der Waals surface area (Å²) in [5.41, 5.74) is 4.56. The minimum Gasteiger partial charge on any atom is -0.502 e. The highest BCUT2D eigenvalue weighted by Gasteiger charge is 2.70. The maximum absolute atomic E-state index is 15.4. The number of nitrogens with one attached hydrogen (secondary N) is 1.